The number of pyridine rings is 1. The van der Waals surface area contributed by atoms with Crippen molar-refractivity contribution in [3.63, 3.8) is 0 Å². The van der Waals surface area contributed by atoms with Crippen molar-refractivity contribution in [3.8, 4) is 11.3 Å². The van der Waals surface area contributed by atoms with E-state index in [9.17, 15) is 13.8 Å². The number of nitrogens with zero attached hydrogens (tertiary/aromatic N) is 5. The summed E-state index contributed by atoms with van der Waals surface area (Å²) in [6.45, 7) is 16.9. The average molecular weight is 577 g/mol. The Hall–Kier alpha value is -2.77. The monoisotopic (exact) mass is 576 g/mol. The molecule has 1 aromatic carbocycles. The predicted molar refractivity (Wildman–Crippen MR) is 154 cm³/mol. The minimum atomic E-state index is -2.22. The van der Waals surface area contributed by atoms with Gasteiger partial charge >= 0.3 is 13.8 Å². The largest absolute Gasteiger partial charge is 0.622 e. The van der Waals surface area contributed by atoms with Crippen LogP contribution in [0.1, 0.15) is 55.4 Å². The Morgan fingerprint density at radius 1 is 1.13 bits per heavy atom. The number of piperazine rings is 1. The molecular formula is C28H37ClFN5O3P+. The maximum atomic E-state index is 14.8. The molecule has 0 aliphatic carbocycles. The number of ether oxygens (including phenoxy) is 1. The normalized spacial score (nSPS) is 19.0. The van der Waals surface area contributed by atoms with Crippen molar-refractivity contribution in [1.29, 1.82) is 0 Å². The van der Waals surface area contributed by atoms with Gasteiger partial charge in [0.2, 0.25) is 0 Å². The van der Waals surface area contributed by atoms with Crippen LogP contribution in [0.25, 0.3) is 22.3 Å². The Morgan fingerprint density at radius 3 is 2.41 bits per heavy atom. The van der Waals surface area contributed by atoms with Crippen molar-refractivity contribution in [2.24, 2.45) is 5.41 Å². The molecule has 1 fully saturated rings. The van der Waals surface area contributed by atoms with E-state index in [4.69, 9.17) is 21.3 Å². The van der Waals surface area contributed by atoms with Crippen LogP contribution < -0.4 is 4.90 Å². The third-order valence-corrected chi connectivity index (χ3v) is 7.86. The van der Waals surface area contributed by atoms with E-state index in [1.54, 1.807) is 33.5 Å². The SMILES string of the molecule is C[C@@H]1CN(c2n[p+](=O)n(CC(C)(C)C)c3nc(-c4ccccc4F)c(Cl)cc23)[C@@H](C)CN1C(=O)OC(C)(C)C. The molecule has 11 heteroatoms. The molecule has 39 heavy (non-hydrogen) atoms. The number of carbonyl (C=O) groups excluding carboxylic acids is 1. The van der Waals surface area contributed by atoms with Gasteiger partial charge in [0.15, 0.2) is 11.5 Å². The number of carbonyl (C=O) groups is 1. The van der Waals surface area contributed by atoms with Crippen LogP contribution >= 0.6 is 19.3 Å². The number of hydrogen-bond acceptors (Lipinski definition) is 6. The maximum absolute atomic E-state index is 14.8. The summed E-state index contributed by atoms with van der Waals surface area (Å²) in [6.07, 6.45) is -0.367. The number of hydrogen-bond donors (Lipinski definition) is 0. The summed E-state index contributed by atoms with van der Waals surface area (Å²) in [5.74, 6) is 0.0676. The Labute approximate surface area is 235 Å². The van der Waals surface area contributed by atoms with Gasteiger partial charge in [0.1, 0.15) is 11.4 Å². The predicted octanol–water partition coefficient (Wildman–Crippen LogP) is 7.51. The molecule has 210 valence electrons. The molecule has 0 bridgehead atoms. The van der Waals surface area contributed by atoms with Crippen LogP contribution in [0.2, 0.25) is 5.02 Å². The summed E-state index contributed by atoms with van der Waals surface area (Å²) in [7, 11) is -2.22. The molecule has 0 radical (unpaired) electrons. The van der Waals surface area contributed by atoms with Gasteiger partial charge in [-0.25, -0.2) is 14.2 Å². The van der Waals surface area contributed by atoms with E-state index in [2.05, 4.69) is 4.75 Å². The summed E-state index contributed by atoms with van der Waals surface area (Å²) in [5.41, 5.74) is 0.196. The highest BCUT2D eigenvalue weighted by molar-refractivity contribution is 7.28. The van der Waals surface area contributed by atoms with Crippen LogP contribution in [0.4, 0.5) is 15.0 Å². The molecule has 3 atom stereocenters. The summed E-state index contributed by atoms with van der Waals surface area (Å²) in [4.78, 5) is 21.4. The molecule has 0 saturated carbocycles. The van der Waals surface area contributed by atoms with Crippen molar-refractivity contribution >= 4 is 42.3 Å². The lowest BCUT2D eigenvalue weighted by Crippen LogP contribution is -2.59. The minimum Gasteiger partial charge on any atom is -0.444 e. The minimum absolute atomic E-state index is 0.150. The van der Waals surface area contributed by atoms with Crippen LogP contribution in [-0.4, -0.2) is 55.8 Å². The summed E-state index contributed by atoms with van der Waals surface area (Å²) >= 11 is 6.72. The second kappa shape index (κ2) is 10.7. The Kier molecular flexibility index (Phi) is 7.99. The lowest BCUT2D eigenvalue weighted by Gasteiger charge is -2.44. The smallest absolute Gasteiger partial charge is 0.444 e. The second-order valence-electron chi connectivity index (χ2n) is 12.4. The van der Waals surface area contributed by atoms with Gasteiger partial charge in [-0.2, -0.15) is 0 Å². The molecule has 3 aromatic rings. The fraction of sp³-hybridized carbons (Fsp3) is 0.536. The van der Waals surface area contributed by atoms with Crippen LogP contribution in [0, 0.1) is 11.2 Å². The standard InChI is InChI=1S/C28H37ClFN5O3P/c1-17-15-34(26(36)38-28(6,7)8)18(2)14-33(17)25-20-13-21(29)23(19-11-9-10-12-22(19)30)31-24(20)35(39(37)32-25)16-27(3,4)5/h9-13,17-18H,14-16H2,1-8H3/q+1/t17-,18+/m0/s1. The molecule has 4 rings (SSSR count). The topological polar surface area (TPSA) is 80.6 Å². The molecule has 8 nitrogen and oxygen atoms in total. The lowest BCUT2D eigenvalue weighted by molar-refractivity contribution is 0.0130. The van der Waals surface area contributed by atoms with E-state index in [0.29, 0.717) is 36.5 Å². The second-order valence-corrected chi connectivity index (χ2v) is 14.0. The first-order valence-electron chi connectivity index (χ1n) is 13.1. The van der Waals surface area contributed by atoms with Crippen molar-refractivity contribution in [2.45, 2.75) is 79.6 Å². The van der Waals surface area contributed by atoms with Crippen molar-refractivity contribution in [2.75, 3.05) is 18.0 Å². The fourth-order valence-corrected chi connectivity index (χ4v) is 6.35. The first kappa shape index (κ1) is 29.2. The van der Waals surface area contributed by atoms with Gasteiger partial charge in [-0.15, -0.1) is 4.33 Å². The van der Waals surface area contributed by atoms with Crippen molar-refractivity contribution < 1.29 is 18.5 Å². The number of halogens is 2. The number of benzene rings is 1. The lowest BCUT2D eigenvalue weighted by atomic mass is 9.97. The molecule has 1 unspecified atom stereocenters. The Balaban J connectivity index is 1.85. The van der Waals surface area contributed by atoms with Gasteiger partial charge in [-0.1, -0.05) is 44.5 Å². The highest BCUT2D eigenvalue weighted by Crippen LogP contribution is 2.38. The number of aromatic nitrogens is 3. The van der Waals surface area contributed by atoms with Gasteiger partial charge < -0.3 is 14.5 Å². The highest BCUT2D eigenvalue weighted by Gasteiger charge is 2.38. The Morgan fingerprint density at radius 2 is 1.79 bits per heavy atom. The number of amides is 1. The van der Waals surface area contributed by atoms with Crippen molar-refractivity contribution in [3.05, 3.63) is 41.2 Å². The van der Waals surface area contributed by atoms with Crippen LogP contribution in [-0.2, 0) is 15.8 Å². The molecule has 1 aliphatic heterocycles. The van der Waals surface area contributed by atoms with Gasteiger partial charge in [0, 0.05) is 35.5 Å². The summed E-state index contributed by atoms with van der Waals surface area (Å²) in [5, 5.41) is 0.899. The number of anilines is 1. The number of rotatable bonds is 3. The van der Waals surface area contributed by atoms with E-state index in [-0.39, 0.29) is 39.9 Å². The zero-order valence-corrected chi connectivity index (χ0v) is 25.5. The first-order chi connectivity index (χ1) is 18.1. The van der Waals surface area contributed by atoms with E-state index in [1.807, 2.05) is 60.3 Å². The molecule has 2 aromatic heterocycles. The maximum Gasteiger partial charge on any atom is 0.622 e. The summed E-state index contributed by atoms with van der Waals surface area (Å²) < 4.78 is 40.3. The number of fused-ring (bicyclic) bond motifs is 1. The van der Waals surface area contributed by atoms with Crippen LogP contribution in [0.5, 0.6) is 0 Å². The van der Waals surface area contributed by atoms with Gasteiger partial charge in [-0.05, 0) is 62.8 Å². The molecular weight excluding hydrogens is 540 g/mol. The Bertz CT molecular complexity index is 1470. The fourth-order valence-electron chi connectivity index (χ4n) is 4.75. The van der Waals surface area contributed by atoms with E-state index in [1.165, 1.54) is 6.07 Å². The zero-order valence-electron chi connectivity index (χ0n) is 23.8. The van der Waals surface area contributed by atoms with E-state index >= 15 is 0 Å². The van der Waals surface area contributed by atoms with Gasteiger partial charge in [0.05, 0.1) is 22.6 Å². The van der Waals surface area contributed by atoms with Crippen LogP contribution in [0.3, 0.4) is 0 Å². The molecule has 1 aliphatic rings. The molecule has 3 heterocycles. The molecule has 1 amide bonds. The first-order valence-corrected chi connectivity index (χ1v) is 14.7. The highest BCUT2D eigenvalue weighted by atomic mass is 35.5. The quantitative estimate of drug-likeness (QED) is 0.321. The third kappa shape index (κ3) is 6.36. The molecule has 0 spiro atoms. The van der Waals surface area contributed by atoms with Crippen LogP contribution in [0.15, 0.2) is 30.3 Å². The third-order valence-electron chi connectivity index (χ3n) is 6.47. The van der Waals surface area contributed by atoms with E-state index < -0.39 is 19.1 Å². The zero-order chi connectivity index (χ0) is 28.9. The van der Waals surface area contributed by atoms with Crippen molar-refractivity contribution in [1.82, 2.24) is 19.0 Å². The van der Waals surface area contributed by atoms with Gasteiger partial charge in [-0.3, -0.25) is 0 Å². The average Bonchev–Trinajstić information content (AvgIpc) is 2.80. The summed E-state index contributed by atoms with van der Waals surface area (Å²) in [6, 6.07) is 7.72. The molecule has 1 saturated heterocycles. The van der Waals surface area contributed by atoms with E-state index in [0.717, 1.165) is 0 Å². The van der Waals surface area contributed by atoms with Gasteiger partial charge in [0.25, 0.3) is 0 Å². The molecule has 0 N–H and O–H groups in total.